The minimum Gasteiger partial charge on any atom is -0.344 e. The zero-order valence-electron chi connectivity index (χ0n) is 12.1. The molecule has 3 fully saturated rings. The van der Waals surface area contributed by atoms with E-state index in [0.717, 1.165) is 0 Å². The number of hydrogen-bond acceptors (Lipinski definition) is 4. The number of rotatable bonds is 0. The Morgan fingerprint density at radius 1 is 0.556 bits per heavy atom. The summed E-state index contributed by atoms with van der Waals surface area (Å²) in [7, 11) is 0. The van der Waals surface area contributed by atoms with Crippen molar-refractivity contribution < 1.29 is 18.9 Å². The topological polar surface area (TPSA) is 36.9 Å². The van der Waals surface area contributed by atoms with Gasteiger partial charge in [0, 0.05) is 11.8 Å². The van der Waals surface area contributed by atoms with Gasteiger partial charge in [0.1, 0.15) is 0 Å². The molecule has 2 heterocycles. The van der Waals surface area contributed by atoms with Crippen LogP contribution in [0.25, 0.3) is 0 Å². The van der Waals surface area contributed by atoms with Crippen molar-refractivity contribution >= 4 is 0 Å². The molecule has 4 nitrogen and oxygen atoms in total. The van der Waals surface area contributed by atoms with Crippen molar-refractivity contribution in [3.63, 3.8) is 0 Å². The van der Waals surface area contributed by atoms with Crippen molar-refractivity contribution in [1.29, 1.82) is 0 Å². The highest BCUT2D eigenvalue weighted by molar-refractivity contribution is 5.04. The van der Waals surface area contributed by atoms with Crippen molar-refractivity contribution in [3.05, 3.63) is 0 Å². The van der Waals surface area contributed by atoms with E-state index in [1.54, 1.807) is 0 Å². The van der Waals surface area contributed by atoms with Crippen LogP contribution in [0.2, 0.25) is 0 Å². The van der Waals surface area contributed by atoms with Gasteiger partial charge in [-0.3, -0.25) is 0 Å². The van der Waals surface area contributed by atoms with Gasteiger partial charge in [-0.05, 0) is 27.7 Å². The highest BCUT2D eigenvalue weighted by Gasteiger charge is 2.60. The van der Waals surface area contributed by atoms with Crippen LogP contribution in [0.5, 0.6) is 0 Å². The Kier molecular flexibility index (Phi) is 2.63. The highest BCUT2D eigenvalue weighted by atomic mass is 16.8. The van der Waals surface area contributed by atoms with Crippen molar-refractivity contribution in [2.24, 2.45) is 11.8 Å². The summed E-state index contributed by atoms with van der Waals surface area (Å²) in [5.74, 6) is -0.405. The average Bonchev–Trinajstić information content (AvgIpc) is 2.72. The molecule has 3 aliphatic rings. The summed E-state index contributed by atoms with van der Waals surface area (Å²) in [5, 5.41) is 0. The smallest absolute Gasteiger partial charge is 0.163 e. The molecule has 4 heteroatoms. The van der Waals surface area contributed by atoms with E-state index < -0.39 is 11.6 Å². The summed E-state index contributed by atoms with van der Waals surface area (Å²) < 4.78 is 24.2. The second kappa shape index (κ2) is 3.69. The molecule has 0 spiro atoms. The van der Waals surface area contributed by atoms with Crippen LogP contribution in [0, 0.1) is 11.8 Å². The molecule has 0 aromatic rings. The van der Waals surface area contributed by atoms with Crippen LogP contribution in [0.4, 0.5) is 0 Å². The van der Waals surface area contributed by atoms with Crippen LogP contribution in [0.15, 0.2) is 0 Å². The first kappa shape index (κ1) is 12.9. The molecular formula is C14H24O4. The third-order valence-electron chi connectivity index (χ3n) is 4.40. The first-order valence-electron chi connectivity index (χ1n) is 6.91. The lowest BCUT2D eigenvalue weighted by atomic mass is 9.75. The van der Waals surface area contributed by atoms with E-state index in [0.29, 0.717) is 11.8 Å². The largest absolute Gasteiger partial charge is 0.344 e. The van der Waals surface area contributed by atoms with Gasteiger partial charge in [-0.1, -0.05) is 13.8 Å². The van der Waals surface area contributed by atoms with Gasteiger partial charge in [-0.25, -0.2) is 0 Å². The Morgan fingerprint density at radius 3 is 1.00 bits per heavy atom. The highest BCUT2D eigenvalue weighted by Crippen LogP contribution is 2.48. The quantitative estimate of drug-likeness (QED) is 0.666. The molecule has 0 bridgehead atoms. The average molecular weight is 256 g/mol. The Morgan fingerprint density at radius 2 is 0.778 bits per heavy atom. The minimum absolute atomic E-state index is 0.105. The second-order valence-electron chi connectivity index (χ2n) is 6.85. The Balaban J connectivity index is 1.88. The standard InChI is InChI=1S/C14H24O4/c1-7-9-11(17-13(3,4)15-9)8(2)12-10(7)16-14(5,6)18-12/h7-12H,1-6H3. The first-order chi connectivity index (χ1) is 8.20. The molecule has 0 radical (unpaired) electrons. The van der Waals surface area contributed by atoms with E-state index >= 15 is 0 Å². The fourth-order valence-electron chi connectivity index (χ4n) is 3.63. The molecule has 4 atom stereocenters. The summed E-state index contributed by atoms with van der Waals surface area (Å²) in [5.41, 5.74) is 0. The van der Waals surface area contributed by atoms with Gasteiger partial charge in [0.05, 0.1) is 24.4 Å². The van der Waals surface area contributed by atoms with E-state index in [1.165, 1.54) is 0 Å². The molecule has 0 amide bonds. The van der Waals surface area contributed by atoms with Crippen molar-refractivity contribution in [2.45, 2.75) is 77.5 Å². The van der Waals surface area contributed by atoms with Crippen LogP contribution in [-0.4, -0.2) is 36.0 Å². The molecular weight excluding hydrogens is 232 g/mol. The number of fused-ring (bicyclic) bond motifs is 2. The third-order valence-corrected chi connectivity index (χ3v) is 4.40. The van der Waals surface area contributed by atoms with Gasteiger partial charge in [0.25, 0.3) is 0 Å². The van der Waals surface area contributed by atoms with Crippen LogP contribution < -0.4 is 0 Å². The predicted molar refractivity (Wildman–Crippen MR) is 66.0 cm³/mol. The summed E-state index contributed by atoms with van der Waals surface area (Å²) in [6.45, 7) is 12.3. The predicted octanol–water partition coefficient (Wildman–Crippen LogP) is 2.31. The Bertz CT molecular complexity index is 290. The molecule has 1 aliphatic carbocycles. The maximum Gasteiger partial charge on any atom is 0.163 e. The van der Waals surface area contributed by atoms with Gasteiger partial charge in [-0.15, -0.1) is 0 Å². The van der Waals surface area contributed by atoms with E-state index in [1.807, 2.05) is 27.7 Å². The van der Waals surface area contributed by atoms with E-state index in [-0.39, 0.29) is 24.4 Å². The molecule has 2 saturated heterocycles. The Labute approximate surface area is 109 Å². The molecule has 4 unspecified atom stereocenters. The van der Waals surface area contributed by atoms with E-state index in [2.05, 4.69) is 13.8 Å². The van der Waals surface area contributed by atoms with Crippen molar-refractivity contribution in [3.8, 4) is 0 Å². The molecule has 2 aliphatic heterocycles. The maximum atomic E-state index is 6.05. The van der Waals surface area contributed by atoms with Gasteiger partial charge in [0.2, 0.25) is 0 Å². The van der Waals surface area contributed by atoms with Gasteiger partial charge in [-0.2, -0.15) is 0 Å². The summed E-state index contributed by atoms with van der Waals surface area (Å²) in [6, 6.07) is 0. The molecule has 18 heavy (non-hydrogen) atoms. The van der Waals surface area contributed by atoms with Gasteiger partial charge < -0.3 is 18.9 Å². The van der Waals surface area contributed by atoms with Crippen molar-refractivity contribution in [2.75, 3.05) is 0 Å². The lowest BCUT2D eigenvalue weighted by Crippen LogP contribution is -2.53. The molecule has 1 saturated carbocycles. The monoisotopic (exact) mass is 256 g/mol. The first-order valence-corrected chi connectivity index (χ1v) is 6.91. The summed E-state index contributed by atoms with van der Waals surface area (Å²) in [6.07, 6.45) is 0.421. The molecule has 0 N–H and O–H groups in total. The van der Waals surface area contributed by atoms with Crippen molar-refractivity contribution in [1.82, 2.24) is 0 Å². The lowest BCUT2D eigenvalue weighted by Gasteiger charge is -2.40. The second-order valence-corrected chi connectivity index (χ2v) is 6.85. The summed E-state index contributed by atoms with van der Waals surface area (Å²) in [4.78, 5) is 0. The minimum atomic E-state index is -0.494. The van der Waals surface area contributed by atoms with E-state index in [9.17, 15) is 0 Å². The van der Waals surface area contributed by atoms with Crippen LogP contribution >= 0.6 is 0 Å². The Hall–Kier alpha value is -0.160. The fraction of sp³-hybridized carbons (Fsp3) is 1.00. The van der Waals surface area contributed by atoms with Crippen LogP contribution in [0.3, 0.4) is 0 Å². The third kappa shape index (κ3) is 1.82. The lowest BCUT2D eigenvalue weighted by molar-refractivity contribution is -0.172. The molecule has 3 rings (SSSR count). The van der Waals surface area contributed by atoms with E-state index in [4.69, 9.17) is 18.9 Å². The number of hydrogen-bond donors (Lipinski definition) is 0. The zero-order valence-corrected chi connectivity index (χ0v) is 12.1. The summed E-state index contributed by atoms with van der Waals surface area (Å²) >= 11 is 0. The SMILES string of the molecule is CC1C2OC(C)(C)OC2C(C)C2OC(C)(C)OC12. The molecule has 0 aromatic heterocycles. The molecule has 104 valence electrons. The van der Waals surface area contributed by atoms with Gasteiger partial charge in [0.15, 0.2) is 11.6 Å². The zero-order chi connectivity index (χ0) is 13.3. The van der Waals surface area contributed by atoms with Crippen LogP contribution in [-0.2, 0) is 18.9 Å². The van der Waals surface area contributed by atoms with Gasteiger partial charge >= 0.3 is 0 Å². The number of ether oxygens (including phenoxy) is 4. The molecule has 0 aromatic carbocycles. The normalized spacial score (nSPS) is 53.0. The van der Waals surface area contributed by atoms with Crippen LogP contribution in [0.1, 0.15) is 41.5 Å². The fourth-order valence-corrected chi connectivity index (χ4v) is 3.63. The maximum absolute atomic E-state index is 6.05.